The Bertz CT molecular complexity index is 941. The number of nitrogens with one attached hydrogen (secondary N) is 1. The second-order valence-electron chi connectivity index (χ2n) is 7.40. The standard InChI is InChI=1S/C22H28N2O5S/c1-29-15-12-23-30(27,28)20-9-5-8-19(16-20)22(26)24-13-10-18(11-14-24)21(25)17-6-3-2-4-7-17/h2-9,16,18,21,23,25H,10-15H2,1H3. The number of aliphatic hydroxyl groups excluding tert-OH is 1. The largest absolute Gasteiger partial charge is 0.388 e. The van der Waals surface area contributed by atoms with E-state index in [1.54, 1.807) is 17.0 Å². The summed E-state index contributed by atoms with van der Waals surface area (Å²) in [6.45, 7) is 1.48. The van der Waals surface area contributed by atoms with Crippen molar-refractivity contribution in [2.45, 2.75) is 23.8 Å². The first-order valence-corrected chi connectivity index (χ1v) is 11.5. The summed E-state index contributed by atoms with van der Waals surface area (Å²) < 4.78 is 32.1. The molecule has 30 heavy (non-hydrogen) atoms. The molecule has 1 fully saturated rings. The Balaban J connectivity index is 1.63. The van der Waals surface area contributed by atoms with Crippen molar-refractivity contribution in [1.82, 2.24) is 9.62 Å². The molecule has 0 aromatic heterocycles. The first kappa shape index (κ1) is 22.4. The van der Waals surface area contributed by atoms with Crippen LogP contribution in [-0.4, -0.2) is 57.7 Å². The molecule has 1 aliphatic heterocycles. The summed E-state index contributed by atoms with van der Waals surface area (Å²) in [5.41, 5.74) is 1.23. The lowest BCUT2D eigenvalue weighted by molar-refractivity contribution is 0.0462. The Morgan fingerprint density at radius 2 is 1.87 bits per heavy atom. The Kier molecular flexibility index (Phi) is 7.60. The molecule has 2 N–H and O–H groups in total. The molecule has 8 heteroatoms. The number of amides is 1. The lowest BCUT2D eigenvalue weighted by atomic mass is 9.87. The average molecular weight is 433 g/mol. The van der Waals surface area contributed by atoms with Crippen molar-refractivity contribution in [3.8, 4) is 0 Å². The van der Waals surface area contributed by atoms with Gasteiger partial charge in [0.2, 0.25) is 10.0 Å². The Morgan fingerprint density at radius 3 is 2.53 bits per heavy atom. The fraction of sp³-hybridized carbons (Fsp3) is 0.409. The minimum absolute atomic E-state index is 0.0545. The zero-order chi connectivity index (χ0) is 21.6. The van der Waals surface area contributed by atoms with Crippen LogP contribution in [0.5, 0.6) is 0 Å². The molecule has 2 aromatic carbocycles. The second-order valence-corrected chi connectivity index (χ2v) is 9.17. The van der Waals surface area contributed by atoms with Crippen LogP contribution in [0.3, 0.4) is 0 Å². The number of carbonyl (C=O) groups excluding carboxylic acids is 1. The number of nitrogens with zero attached hydrogens (tertiary/aromatic N) is 1. The predicted octanol–water partition coefficient (Wildman–Crippen LogP) is 2.20. The molecular formula is C22H28N2O5S. The third-order valence-corrected chi connectivity index (χ3v) is 6.86. The van der Waals surface area contributed by atoms with Gasteiger partial charge in [-0.1, -0.05) is 36.4 Å². The van der Waals surface area contributed by atoms with Gasteiger partial charge in [0.15, 0.2) is 0 Å². The van der Waals surface area contributed by atoms with Gasteiger partial charge in [-0.25, -0.2) is 13.1 Å². The predicted molar refractivity (Wildman–Crippen MR) is 114 cm³/mol. The third-order valence-electron chi connectivity index (χ3n) is 5.40. The minimum Gasteiger partial charge on any atom is -0.388 e. The van der Waals surface area contributed by atoms with Crippen LogP contribution >= 0.6 is 0 Å². The van der Waals surface area contributed by atoms with Gasteiger partial charge >= 0.3 is 0 Å². The van der Waals surface area contributed by atoms with Crippen LogP contribution in [0.4, 0.5) is 0 Å². The number of likely N-dealkylation sites (tertiary alicyclic amines) is 1. The molecule has 0 aliphatic carbocycles. The number of benzene rings is 2. The van der Waals surface area contributed by atoms with E-state index in [0.717, 1.165) is 5.56 Å². The van der Waals surface area contributed by atoms with E-state index in [1.165, 1.54) is 19.2 Å². The summed E-state index contributed by atoms with van der Waals surface area (Å²) in [4.78, 5) is 14.7. The summed E-state index contributed by atoms with van der Waals surface area (Å²) in [6.07, 6.45) is 0.839. The van der Waals surface area contributed by atoms with E-state index in [9.17, 15) is 18.3 Å². The number of sulfonamides is 1. The fourth-order valence-corrected chi connectivity index (χ4v) is 4.74. The van der Waals surface area contributed by atoms with Crippen LogP contribution in [-0.2, 0) is 14.8 Å². The highest BCUT2D eigenvalue weighted by Gasteiger charge is 2.29. The van der Waals surface area contributed by atoms with E-state index in [2.05, 4.69) is 4.72 Å². The lowest BCUT2D eigenvalue weighted by Crippen LogP contribution is -2.39. The van der Waals surface area contributed by atoms with Crippen molar-refractivity contribution in [3.63, 3.8) is 0 Å². The smallest absolute Gasteiger partial charge is 0.253 e. The van der Waals surface area contributed by atoms with E-state index in [1.807, 2.05) is 30.3 Å². The molecule has 7 nitrogen and oxygen atoms in total. The SMILES string of the molecule is COCCNS(=O)(=O)c1cccc(C(=O)N2CCC(C(O)c3ccccc3)CC2)c1. The lowest BCUT2D eigenvalue weighted by Gasteiger charge is -2.34. The second kappa shape index (κ2) is 10.2. The summed E-state index contributed by atoms with van der Waals surface area (Å²) in [6, 6.07) is 15.6. The van der Waals surface area contributed by atoms with Crippen LogP contribution in [0.2, 0.25) is 0 Å². The van der Waals surface area contributed by atoms with Gasteiger partial charge in [-0.2, -0.15) is 0 Å². The van der Waals surface area contributed by atoms with Crippen LogP contribution in [0, 0.1) is 5.92 Å². The Hall–Kier alpha value is -2.26. The highest BCUT2D eigenvalue weighted by atomic mass is 32.2. The topological polar surface area (TPSA) is 95.9 Å². The molecule has 3 rings (SSSR count). The van der Waals surface area contributed by atoms with Gasteiger partial charge < -0.3 is 14.7 Å². The summed E-state index contributed by atoms with van der Waals surface area (Å²) in [7, 11) is -2.21. The first-order valence-electron chi connectivity index (χ1n) is 10.0. The maximum absolute atomic E-state index is 12.9. The molecule has 162 valence electrons. The van der Waals surface area contributed by atoms with Crippen molar-refractivity contribution in [2.75, 3.05) is 33.4 Å². The fourth-order valence-electron chi connectivity index (χ4n) is 3.68. The van der Waals surface area contributed by atoms with Crippen LogP contribution in [0.15, 0.2) is 59.5 Å². The molecular weight excluding hydrogens is 404 g/mol. The highest BCUT2D eigenvalue weighted by molar-refractivity contribution is 7.89. The van der Waals surface area contributed by atoms with E-state index < -0.39 is 16.1 Å². The van der Waals surface area contributed by atoms with Gasteiger partial charge in [-0.3, -0.25) is 4.79 Å². The summed E-state index contributed by atoms with van der Waals surface area (Å²) in [5.74, 6) is -0.107. The summed E-state index contributed by atoms with van der Waals surface area (Å²) >= 11 is 0. The molecule has 1 aliphatic rings. The van der Waals surface area contributed by atoms with Crippen LogP contribution in [0.1, 0.15) is 34.9 Å². The number of carbonyl (C=O) groups is 1. The number of hydrogen-bond acceptors (Lipinski definition) is 5. The number of piperidine rings is 1. The van der Waals surface area contributed by atoms with Crippen LogP contribution in [0.25, 0.3) is 0 Å². The number of methoxy groups -OCH3 is 1. The van der Waals surface area contributed by atoms with Crippen LogP contribution < -0.4 is 4.72 Å². The molecule has 0 bridgehead atoms. The summed E-state index contributed by atoms with van der Waals surface area (Å²) in [5, 5.41) is 10.6. The van der Waals surface area contributed by atoms with Gasteiger partial charge in [-0.15, -0.1) is 0 Å². The van der Waals surface area contributed by atoms with Gasteiger partial charge in [-0.05, 0) is 42.5 Å². The zero-order valence-electron chi connectivity index (χ0n) is 17.0. The van der Waals surface area contributed by atoms with Crippen molar-refractivity contribution in [2.24, 2.45) is 5.92 Å². The van der Waals surface area contributed by atoms with Gasteiger partial charge in [0.1, 0.15) is 0 Å². The first-order chi connectivity index (χ1) is 14.4. The molecule has 1 amide bonds. The number of hydrogen-bond donors (Lipinski definition) is 2. The Morgan fingerprint density at radius 1 is 1.17 bits per heavy atom. The zero-order valence-corrected chi connectivity index (χ0v) is 17.8. The quantitative estimate of drug-likeness (QED) is 0.624. The third kappa shape index (κ3) is 5.46. The Labute approximate surface area is 177 Å². The highest BCUT2D eigenvalue weighted by Crippen LogP contribution is 2.31. The van der Waals surface area contributed by atoms with Gasteiger partial charge in [0.05, 0.1) is 17.6 Å². The molecule has 0 saturated carbocycles. The van der Waals surface area contributed by atoms with E-state index >= 15 is 0 Å². The van der Waals surface area contributed by atoms with Crippen molar-refractivity contribution < 1.29 is 23.1 Å². The molecule has 1 heterocycles. The van der Waals surface area contributed by atoms with Crippen molar-refractivity contribution in [3.05, 3.63) is 65.7 Å². The van der Waals surface area contributed by atoms with Gasteiger partial charge in [0.25, 0.3) is 5.91 Å². The maximum Gasteiger partial charge on any atom is 0.253 e. The number of rotatable bonds is 8. The van der Waals surface area contributed by atoms with E-state index in [0.29, 0.717) is 31.5 Å². The normalized spacial score (nSPS) is 16.4. The van der Waals surface area contributed by atoms with Gasteiger partial charge in [0, 0.05) is 32.3 Å². The molecule has 1 saturated heterocycles. The average Bonchev–Trinajstić information content (AvgIpc) is 2.79. The molecule has 0 radical (unpaired) electrons. The van der Waals surface area contributed by atoms with Crippen molar-refractivity contribution >= 4 is 15.9 Å². The van der Waals surface area contributed by atoms with Crippen molar-refractivity contribution in [1.29, 1.82) is 0 Å². The molecule has 2 aromatic rings. The molecule has 0 spiro atoms. The van der Waals surface area contributed by atoms with E-state index in [4.69, 9.17) is 4.74 Å². The maximum atomic E-state index is 12.9. The molecule has 1 unspecified atom stereocenters. The molecule has 1 atom stereocenters. The number of ether oxygens (including phenoxy) is 1. The van der Waals surface area contributed by atoms with E-state index in [-0.39, 0.29) is 29.9 Å². The number of aliphatic hydroxyl groups is 1. The minimum atomic E-state index is -3.70. The monoisotopic (exact) mass is 432 g/mol.